The Balaban J connectivity index is 7.61. The summed E-state index contributed by atoms with van der Waals surface area (Å²) in [5.41, 5.74) is 0. The second kappa shape index (κ2) is 15.3. The number of hydrogen-bond acceptors (Lipinski definition) is 0. The number of rotatable bonds is 21. The van der Waals surface area contributed by atoms with Gasteiger partial charge in [0.25, 0.3) is 0 Å². The van der Waals surface area contributed by atoms with Gasteiger partial charge in [0, 0.05) is 7.35 Å². The monoisotopic (exact) mass is 481 g/mol. The molecule has 0 unspecified atom stereocenters. The van der Waals surface area contributed by atoms with Crippen molar-refractivity contribution in [3.63, 3.8) is 0 Å². The van der Waals surface area contributed by atoms with Gasteiger partial charge in [0.1, 0.15) is 0 Å². The molecule has 0 bridgehead atoms. The SMILES string of the molecule is C=CC[Si](CC=C)(CC=C)[Si]([Si](CC=C)(CC=C)CC=C)[Si](CC=C)(CC=C)CC=C. The zero-order valence-corrected chi connectivity index (χ0v) is 23.9. The topological polar surface area (TPSA) is 0 Å². The zero-order chi connectivity index (χ0) is 23.8. The fraction of sp³-hybridized carbons (Fsp3) is 0.333. The fourth-order valence-electron chi connectivity index (χ4n) is 5.84. The fourth-order valence-corrected chi connectivity index (χ4v) is 84.0. The molecule has 4 heteroatoms. The molecule has 0 saturated carbocycles. The van der Waals surface area contributed by atoms with Crippen LogP contribution in [-0.4, -0.2) is 30.1 Å². The van der Waals surface area contributed by atoms with E-state index in [0.29, 0.717) is 0 Å². The van der Waals surface area contributed by atoms with E-state index >= 15 is 0 Å². The second-order valence-electron chi connectivity index (χ2n) is 8.65. The van der Waals surface area contributed by atoms with Gasteiger partial charge in [-0.1, -0.05) is 54.7 Å². The summed E-state index contributed by atoms with van der Waals surface area (Å²) < 4.78 is 0. The van der Waals surface area contributed by atoms with Crippen LogP contribution < -0.4 is 0 Å². The highest BCUT2D eigenvalue weighted by Gasteiger charge is 2.59. The van der Waals surface area contributed by atoms with Crippen molar-refractivity contribution in [2.45, 2.75) is 54.4 Å². The number of hydrogen-bond donors (Lipinski definition) is 0. The van der Waals surface area contributed by atoms with Gasteiger partial charge >= 0.3 is 0 Å². The van der Waals surface area contributed by atoms with Crippen molar-refractivity contribution in [2.24, 2.45) is 0 Å². The van der Waals surface area contributed by atoms with Gasteiger partial charge in [0.2, 0.25) is 0 Å². The van der Waals surface area contributed by atoms with Crippen molar-refractivity contribution in [3.8, 4) is 0 Å². The van der Waals surface area contributed by atoms with Gasteiger partial charge in [0.15, 0.2) is 0 Å². The first kappa shape index (κ1) is 29.5. The number of allylic oxidation sites excluding steroid dienone is 9. The summed E-state index contributed by atoms with van der Waals surface area (Å²) in [5.74, 6) is 0. The van der Waals surface area contributed by atoms with Crippen LogP contribution in [0, 0.1) is 0 Å². The van der Waals surface area contributed by atoms with E-state index in [9.17, 15) is 0 Å². The van der Waals surface area contributed by atoms with E-state index in [2.05, 4.69) is 114 Å². The summed E-state index contributed by atoms with van der Waals surface area (Å²) in [6.45, 7) is 38.0. The van der Waals surface area contributed by atoms with E-state index in [1.54, 1.807) is 0 Å². The van der Waals surface area contributed by atoms with Crippen LogP contribution >= 0.6 is 0 Å². The molecule has 0 aromatic carbocycles. The molecule has 0 aromatic heterocycles. The minimum Gasteiger partial charge on any atom is -0.103 e. The molecule has 0 spiro atoms. The summed E-state index contributed by atoms with van der Waals surface area (Å²) in [7, 11) is -6.33. The highest BCUT2D eigenvalue weighted by molar-refractivity contribution is 7.83. The second-order valence-corrected chi connectivity index (χ2v) is 39.3. The van der Waals surface area contributed by atoms with Crippen molar-refractivity contribution >= 4 is 30.1 Å². The van der Waals surface area contributed by atoms with Crippen molar-refractivity contribution in [1.29, 1.82) is 0 Å². The van der Waals surface area contributed by atoms with Gasteiger partial charge in [-0.15, -0.1) is 59.2 Å². The average molecular weight is 482 g/mol. The maximum absolute atomic E-state index is 4.22. The molecule has 0 atom stereocenters. The van der Waals surface area contributed by atoms with E-state index in [0.717, 1.165) is 54.4 Å². The molecule has 0 aliphatic rings. The van der Waals surface area contributed by atoms with Crippen LogP contribution in [0.1, 0.15) is 0 Å². The lowest BCUT2D eigenvalue weighted by Gasteiger charge is -2.55. The first-order valence-corrected chi connectivity index (χ1v) is 23.6. The van der Waals surface area contributed by atoms with Crippen LogP contribution in [-0.2, 0) is 0 Å². The van der Waals surface area contributed by atoms with Crippen molar-refractivity contribution in [3.05, 3.63) is 114 Å². The smallest absolute Gasteiger partial charge is 0.0509 e. The van der Waals surface area contributed by atoms with Gasteiger partial charge in [-0.25, -0.2) is 0 Å². The Morgan fingerprint density at radius 2 is 0.452 bits per heavy atom. The summed E-state index contributed by atoms with van der Waals surface area (Å²) in [4.78, 5) is 0. The maximum Gasteiger partial charge on any atom is 0.0509 e. The molecular formula is C27H45Si4. The Labute approximate surface area is 198 Å². The van der Waals surface area contributed by atoms with Gasteiger partial charge in [-0.3, -0.25) is 0 Å². The van der Waals surface area contributed by atoms with E-state index in [1.807, 2.05) is 0 Å². The third-order valence-corrected chi connectivity index (χ3v) is 62.9. The van der Waals surface area contributed by atoms with Gasteiger partial charge in [-0.05, 0) is 54.4 Å². The molecule has 0 fully saturated rings. The molecule has 0 saturated heterocycles. The van der Waals surface area contributed by atoms with Crippen LogP contribution in [0.15, 0.2) is 114 Å². The van der Waals surface area contributed by atoms with E-state index < -0.39 is 30.1 Å². The minimum absolute atomic E-state index is 0.825. The Morgan fingerprint density at radius 3 is 0.548 bits per heavy atom. The van der Waals surface area contributed by atoms with Crippen LogP contribution in [0.4, 0.5) is 0 Å². The van der Waals surface area contributed by atoms with Gasteiger partial charge < -0.3 is 0 Å². The van der Waals surface area contributed by atoms with Crippen molar-refractivity contribution < 1.29 is 0 Å². The summed E-state index contributed by atoms with van der Waals surface area (Å²) in [6.07, 6.45) is 19.7. The van der Waals surface area contributed by atoms with Crippen LogP contribution in [0.2, 0.25) is 54.4 Å². The third kappa shape index (κ3) is 7.28. The predicted molar refractivity (Wildman–Crippen MR) is 158 cm³/mol. The predicted octanol–water partition coefficient (Wildman–Crippen LogP) is 8.74. The van der Waals surface area contributed by atoms with Crippen LogP contribution in [0.25, 0.3) is 0 Å². The molecule has 0 amide bonds. The minimum atomic E-state index is -1.83. The Bertz CT molecular complexity index is 488. The summed E-state index contributed by atoms with van der Waals surface area (Å²) >= 11 is 0. The zero-order valence-electron chi connectivity index (χ0n) is 19.9. The molecule has 0 rings (SSSR count). The Kier molecular flexibility index (Phi) is 14.6. The first-order chi connectivity index (χ1) is 14.9. The largest absolute Gasteiger partial charge is 0.103 e. The molecule has 0 N–H and O–H groups in total. The lowest BCUT2D eigenvalue weighted by atomic mass is 10.7. The highest BCUT2D eigenvalue weighted by atomic mass is 29.9. The molecule has 0 aliphatic heterocycles. The van der Waals surface area contributed by atoms with E-state index in [-0.39, 0.29) is 0 Å². The molecule has 0 heterocycles. The van der Waals surface area contributed by atoms with E-state index in [4.69, 9.17) is 0 Å². The maximum atomic E-state index is 4.22. The quantitative estimate of drug-likeness (QED) is 0.113. The normalized spacial score (nSPS) is 11.9. The highest BCUT2D eigenvalue weighted by Crippen LogP contribution is 2.44. The van der Waals surface area contributed by atoms with Gasteiger partial charge in [0.05, 0.1) is 22.8 Å². The van der Waals surface area contributed by atoms with Gasteiger partial charge in [-0.2, -0.15) is 0 Å². The third-order valence-electron chi connectivity index (χ3n) is 6.41. The molecule has 169 valence electrons. The van der Waals surface area contributed by atoms with Crippen LogP contribution in [0.3, 0.4) is 0 Å². The Hall–Kier alpha value is -1.47. The molecule has 0 nitrogen and oxygen atoms in total. The Morgan fingerprint density at radius 1 is 0.323 bits per heavy atom. The molecule has 0 aliphatic carbocycles. The molecule has 31 heavy (non-hydrogen) atoms. The average Bonchev–Trinajstić information content (AvgIpc) is 2.70. The lowest BCUT2D eigenvalue weighted by molar-refractivity contribution is 1.36. The molecule has 0 aromatic rings. The lowest BCUT2D eigenvalue weighted by Crippen LogP contribution is -2.77. The van der Waals surface area contributed by atoms with Crippen molar-refractivity contribution in [2.75, 3.05) is 0 Å². The molecule has 1 radical (unpaired) electrons. The van der Waals surface area contributed by atoms with Crippen LogP contribution in [0.5, 0.6) is 0 Å². The molecular weight excluding hydrogens is 437 g/mol. The van der Waals surface area contributed by atoms with E-state index in [1.165, 1.54) is 0 Å². The summed E-state index contributed by atoms with van der Waals surface area (Å²) in [6, 6.07) is 10.1. The first-order valence-electron chi connectivity index (χ1n) is 11.3. The summed E-state index contributed by atoms with van der Waals surface area (Å²) in [5, 5.41) is 0. The van der Waals surface area contributed by atoms with Crippen molar-refractivity contribution in [1.82, 2.24) is 0 Å². The standard InChI is InChI=1S/C27H45Si4/c1-10-19-29(20-11-2,21-12-3)28(30(22-13-4,23-14-5)24-15-6)31(25-16-7,26-17-8)27-18-9/h10-18H,1-9,19-27H2.